The quantitative estimate of drug-likeness (QED) is 0.561. The predicted octanol–water partition coefficient (Wildman–Crippen LogP) is 4.64. The van der Waals surface area contributed by atoms with E-state index in [1.807, 2.05) is 0 Å². The van der Waals surface area contributed by atoms with Crippen LogP contribution in [-0.4, -0.2) is 46.3 Å². The maximum absolute atomic E-state index is 15.3. The van der Waals surface area contributed by atoms with Crippen LogP contribution >= 0.6 is 34.7 Å². The summed E-state index contributed by atoms with van der Waals surface area (Å²) in [4.78, 5) is 19.8. The Morgan fingerprint density at radius 2 is 2.00 bits per heavy atom. The summed E-state index contributed by atoms with van der Waals surface area (Å²) >= 11 is 13.8. The molecule has 0 spiro atoms. The van der Waals surface area contributed by atoms with Gasteiger partial charge in [0, 0.05) is 37.8 Å². The molecule has 1 aliphatic rings. The molecule has 4 rings (SSSR count). The molecule has 1 aliphatic heterocycles. The first-order chi connectivity index (χ1) is 13.5. The Morgan fingerprint density at radius 3 is 2.68 bits per heavy atom. The molecule has 0 saturated carbocycles. The highest BCUT2D eigenvalue weighted by Crippen LogP contribution is 2.41. The second-order valence-corrected chi connectivity index (χ2v) is 7.85. The van der Waals surface area contributed by atoms with Crippen molar-refractivity contribution in [1.29, 1.82) is 0 Å². The van der Waals surface area contributed by atoms with E-state index in [4.69, 9.17) is 23.2 Å². The Balaban J connectivity index is 1.71. The molecule has 1 aromatic carbocycles. The van der Waals surface area contributed by atoms with Gasteiger partial charge in [0.1, 0.15) is 10.5 Å². The molecule has 2 aromatic heterocycles. The number of halogens is 3. The van der Waals surface area contributed by atoms with Crippen molar-refractivity contribution in [3.05, 3.63) is 52.9 Å². The molecule has 1 saturated heterocycles. The molecule has 0 aliphatic carbocycles. The van der Waals surface area contributed by atoms with Gasteiger partial charge in [0.25, 0.3) is 0 Å². The smallest absolute Gasteiger partial charge is 0.246 e. The Kier molecular flexibility index (Phi) is 5.23. The van der Waals surface area contributed by atoms with Crippen LogP contribution in [0.4, 0.5) is 9.39 Å². The molecule has 28 heavy (non-hydrogen) atoms. The summed E-state index contributed by atoms with van der Waals surface area (Å²) in [6.07, 6.45) is 2.86. The van der Waals surface area contributed by atoms with Gasteiger partial charge in [-0.2, -0.15) is 4.37 Å². The number of amides is 1. The molecule has 0 unspecified atom stereocenters. The summed E-state index contributed by atoms with van der Waals surface area (Å²) in [5.41, 5.74) is 0.684. The first kappa shape index (κ1) is 19.1. The maximum Gasteiger partial charge on any atom is 0.246 e. The molecular formula is C19H15Cl2FN4OS. The molecule has 144 valence electrons. The molecule has 0 atom stereocenters. The Morgan fingerprint density at radius 1 is 1.25 bits per heavy atom. The summed E-state index contributed by atoms with van der Waals surface area (Å²) < 4.78 is 19.6. The van der Waals surface area contributed by atoms with Crippen molar-refractivity contribution < 1.29 is 9.18 Å². The van der Waals surface area contributed by atoms with E-state index in [-0.39, 0.29) is 22.0 Å². The van der Waals surface area contributed by atoms with Gasteiger partial charge < -0.3 is 9.80 Å². The van der Waals surface area contributed by atoms with Crippen molar-refractivity contribution in [2.24, 2.45) is 0 Å². The molecule has 3 heterocycles. The largest absolute Gasteiger partial charge is 0.358 e. The summed E-state index contributed by atoms with van der Waals surface area (Å²) in [5, 5.41) is 2.03. The van der Waals surface area contributed by atoms with E-state index in [9.17, 15) is 4.79 Å². The number of benzene rings is 1. The van der Waals surface area contributed by atoms with E-state index >= 15 is 4.39 Å². The molecule has 0 N–H and O–H groups in total. The lowest BCUT2D eigenvalue weighted by Crippen LogP contribution is -2.48. The topological polar surface area (TPSA) is 49.3 Å². The van der Waals surface area contributed by atoms with Crippen LogP contribution in [0, 0.1) is 5.82 Å². The van der Waals surface area contributed by atoms with Gasteiger partial charge in [-0.15, -0.1) is 0 Å². The number of pyridine rings is 1. The van der Waals surface area contributed by atoms with E-state index in [1.54, 1.807) is 23.1 Å². The van der Waals surface area contributed by atoms with Crippen molar-refractivity contribution in [2.75, 3.05) is 31.1 Å². The van der Waals surface area contributed by atoms with Gasteiger partial charge in [0.2, 0.25) is 5.91 Å². The monoisotopic (exact) mass is 436 g/mol. The molecule has 9 heteroatoms. The van der Waals surface area contributed by atoms with E-state index in [2.05, 4.69) is 20.8 Å². The highest BCUT2D eigenvalue weighted by atomic mass is 35.5. The van der Waals surface area contributed by atoms with Gasteiger partial charge in [-0.05, 0) is 35.8 Å². The fourth-order valence-electron chi connectivity index (χ4n) is 3.27. The molecule has 5 nitrogen and oxygen atoms in total. The Labute approximate surface area is 175 Å². The van der Waals surface area contributed by atoms with Crippen LogP contribution in [0.1, 0.15) is 0 Å². The SMILES string of the molecule is C=CC(=O)N1CCN(c2snc3c(F)c(-c4ncccc4Cl)c(Cl)cc23)CC1. The number of nitrogens with zero attached hydrogens (tertiary/aromatic N) is 4. The zero-order valence-corrected chi connectivity index (χ0v) is 17.0. The Bertz CT molecular complexity index is 1080. The van der Waals surface area contributed by atoms with Crippen LogP contribution in [0.25, 0.3) is 22.2 Å². The second kappa shape index (κ2) is 7.66. The minimum absolute atomic E-state index is 0.0835. The van der Waals surface area contributed by atoms with Crippen LogP contribution in [0.3, 0.4) is 0 Å². The lowest BCUT2D eigenvalue weighted by atomic mass is 10.1. The number of carbonyl (C=O) groups is 1. The minimum Gasteiger partial charge on any atom is -0.358 e. The lowest BCUT2D eigenvalue weighted by Gasteiger charge is -2.34. The number of aromatic nitrogens is 2. The summed E-state index contributed by atoms with van der Waals surface area (Å²) in [5.74, 6) is -0.620. The third-order valence-corrected chi connectivity index (χ3v) is 6.22. The maximum atomic E-state index is 15.3. The van der Waals surface area contributed by atoms with Crippen LogP contribution < -0.4 is 4.90 Å². The fourth-order valence-corrected chi connectivity index (χ4v) is 4.68. The van der Waals surface area contributed by atoms with E-state index < -0.39 is 5.82 Å². The Hall–Kier alpha value is -2.22. The minimum atomic E-state index is -0.536. The molecule has 1 fully saturated rings. The molecule has 0 radical (unpaired) electrons. The van der Waals surface area contributed by atoms with E-state index in [0.717, 1.165) is 5.00 Å². The number of fused-ring (bicyclic) bond motifs is 1. The average molecular weight is 437 g/mol. The second-order valence-electron chi connectivity index (χ2n) is 6.28. The number of piperazine rings is 1. The van der Waals surface area contributed by atoms with E-state index in [1.165, 1.54) is 23.8 Å². The van der Waals surface area contributed by atoms with Crippen molar-refractivity contribution in [3.63, 3.8) is 0 Å². The van der Waals surface area contributed by atoms with Crippen LogP contribution in [-0.2, 0) is 4.79 Å². The number of carbonyl (C=O) groups excluding carboxylic acids is 1. The summed E-state index contributed by atoms with van der Waals surface area (Å²) in [6, 6.07) is 5.02. The van der Waals surface area contributed by atoms with Crippen LogP contribution in [0.5, 0.6) is 0 Å². The highest BCUT2D eigenvalue weighted by molar-refractivity contribution is 7.11. The lowest BCUT2D eigenvalue weighted by molar-refractivity contribution is -0.126. The molecule has 1 amide bonds. The number of anilines is 1. The zero-order chi connectivity index (χ0) is 19.8. The third kappa shape index (κ3) is 3.23. The predicted molar refractivity (Wildman–Crippen MR) is 112 cm³/mol. The number of rotatable bonds is 3. The van der Waals surface area contributed by atoms with Gasteiger partial charge in [-0.3, -0.25) is 9.78 Å². The molecular weight excluding hydrogens is 422 g/mol. The standard InChI is InChI=1S/C19H15Cl2FN4OS/c1-2-14(27)25-6-8-26(9-7-25)19-11-10-13(21)15(16(22)17(11)24-28-19)18-12(20)4-3-5-23-18/h2-5,10H,1,6-9H2. The summed E-state index contributed by atoms with van der Waals surface area (Å²) in [7, 11) is 0. The zero-order valence-electron chi connectivity index (χ0n) is 14.7. The van der Waals surface area contributed by atoms with Gasteiger partial charge >= 0.3 is 0 Å². The van der Waals surface area contributed by atoms with Gasteiger partial charge in [0.15, 0.2) is 5.82 Å². The van der Waals surface area contributed by atoms with Crippen LogP contribution in [0.15, 0.2) is 37.1 Å². The van der Waals surface area contributed by atoms with Gasteiger partial charge in [-0.25, -0.2) is 4.39 Å². The summed E-state index contributed by atoms with van der Waals surface area (Å²) in [6.45, 7) is 5.92. The molecule has 3 aromatic rings. The van der Waals surface area contributed by atoms with Crippen molar-refractivity contribution in [3.8, 4) is 11.3 Å². The first-order valence-corrected chi connectivity index (χ1v) is 10.1. The van der Waals surface area contributed by atoms with E-state index in [0.29, 0.717) is 42.3 Å². The van der Waals surface area contributed by atoms with Crippen molar-refractivity contribution in [1.82, 2.24) is 14.3 Å². The fraction of sp³-hybridized carbons (Fsp3) is 0.211. The third-order valence-electron chi connectivity index (χ3n) is 4.69. The van der Waals surface area contributed by atoms with Crippen molar-refractivity contribution >= 4 is 56.5 Å². The van der Waals surface area contributed by atoms with Crippen molar-refractivity contribution in [2.45, 2.75) is 0 Å². The highest BCUT2D eigenvalue weighted by Gasteiger charge is 2.26. The normalized spacial score (nSPS) is 14.5. The molecule has 0 bridgehead atoms. The van der Waals surface area contributed by atoms with Crippen LogP contribution in [0.2, 0.25) is 10.0 Å². The van der Waals surface area contributed by atoms with Gasteiger partial charge in [-0.1, -0.05) is 29.8 Å². The number of hydrogen-bond donors (Lipinski definition) is 0. The number of hydrogen-bond acceptors (Lipinski definition) is 5. The first-order valence-electron chi connectivity index (χ1n) is 8.55. The van der Waals surface area contributed by atoms with Gasteiger partial charge in [0.05, 0.1) is 21.3 Å². The average Bonchev–Trinajstić information content (AvgIpc) is 3.13.